The van der Waals surface area contributed by atoms with E-state index in [4.69, 9.17) is 0 Å². The van der Waals surface area contributed by atoms with Crippen LogP contribution in [0.1, 0.15) is 31.7 Å². The van der Waals surface area contributed by atoms with Crippen LogP contribution in [0.3, 0.4) is 0 Å². The maximum Gasteiger partial charge on any atom is 0.234 e. The zero-order valence-electron chi connectivity index (χ0n) is 18.1. The predicted octanol–water partition coefficient (Wildman–Crippen LogP) is 5.57. The summed E-state index contributed by atoms with van der Waals surface area (Å²) < 4.78 is 1.97. The van der Waals surface area contributed by atoms with Crippen LogP contribution in [0.25, 0.3) is 17.1 Å². The summed E-state index contributed by atoms with van der Waals surface area (Å²) in [6.07, 6.45) is 4.55. The summed E-state index contributed by atoms with van der Waals surface area (Å²) in [5, 5.41) is 12.4. The third-order valence-electron chi connectivity index (χ3n) is 5.29. The van der Waals surface area contributed by atoms with Gasteiger partial charge in [0.15, 0.2) is 11.0 Å². The highest BCUT2D eigenvalue weighted by Crippen LogP contribution is 2.28. The van der Waals surface area contributed by atoms with E-state index >= 15 is 0 Å². The van der Waals surface area contributed by atoms with Gasteiger partial charge in [0, 0.05) is 29.3 Å². The number of thioether (sulfide) groups is 1. The van der Waals surface area contributed by atoms with Gasteiger partial charge in [0.25, 0.3) is 0 Å². The Morgan fingerprint density at radius 1 is 1.00 bits per heavy atom. The zero-order chi connectivity index (χ0) is 22.3. The summed E-state index contributed by atoms with van der Waals surface area (Å²) in [5.41, 5.74) is 3.92. The van der Waals surface area contributed by atoms with Crippen molar-refractivity contribution < 1.29 is 4.79 Å². The molecule has 2 aromatic carbocycles. The van der Waals surface area contributed by atoms with Crippen molar-refractivity contribution in [2.24, 2.45) is 0 Å². The van der Waals surface area contributed by atoms with Crippen molar-refractivity contribution in [3.63, 3.8) is 0 Å². The highest BCUT2D eigenvalue weighted by molar-refractivity contribution is 7.99. The van der Waals surface area contributed by atoms with Gasteiger partial charge in [-0.3, -0.25) is 14.3 Å². The highest BCUT2D eigenvalue weighted by atomic mass is 32.2. The molecule has 0 spiro atoms. The Morgan fingerprint density at radius 2 is 1.72 bits per heavy atom. The van der Waals surface area contributed by atoms with E-state index in [9.17, 15) is 4.79 Å². The smallest absolute Gasteiger partial charge is 0.234 e. The number of benzene rings is 2. The summed E-state index contributed by atoms with van der Waals surface area (Å²) in [5.74, 6) is 1.37. The van der Waals surface area contributed by atoms with Crippen LogP contribution in [-0.4, -0.2) is 31.4 Å². The molecule has 0 aliphatic carbocycles. The minimum Gasteiger partial charge on any atom is -0.325 e. The Morgan fingerprint density at radius 3 is 2.41 bits per heavy atom. The van der Waals surface area contributed by atoms with Gasteiger partial charge in [-0.2, -0.15) is 0 Å². The standard InChI is InChI=1S/C25H25N5OS/c1-3-18(2)19-9-11-21(12-10-19)27-23(31)17-32-25-29-28-24(20-13-15-26-16-14-20)30(25)22-7-5-4-6-8-22/h4-16,18H,3,17H2,1-2H3,(H,27,31)/t18-/m1/s1. The van der Waals surface area contributed by atoms with E-state index in [0.717, 1.165) is 23.4 Å². The third-order valence-corrected chi connectivity index (χ3v) is 6.22. The Hall–Kier alpha value is -3.45. The van der Waals surface area contributed by atoms with Gasteiger partial charge in [0.2, 0.25) is 5.91 Å². The van der Waals surface area contributed by atoms with E-state index in [-0.39, 0.29) is 11.7 Å². The molecule has 1 atom stereocenters. The fraction of sp³-hybridized carbons (Fsp3) is 0.200. The van der Waals surface area contributed by atoms with Gasteiger partial charge in [-0.15, -0.1) is 10.2 Å². The van der Waals surface area contributed by atoms with E-state index in [2.05, 4.69) is 46.5 Å². The molecule has 0 saturated carbocycles. The molecule has 2 aromatic heterocycles. The predicted molar refractivity (Wildman–Crippen MR) is 129 cm³/mol. The van der Waals surface area contributed by atoms with E-state index in [0.29, 0.717) is 16.9 Å². The molecule has 2 heterocycles. The molecular formula is C25H25N5OS. The number of hydrogen-bond donors (Lipinski definition) is 1. The Bertz CT molecular complexity index is 1160. The second-order valence-corrected chi connectivity index (χ2v) is 8.42. The monoisotopic (exact) mass is 443 g/mol. The second-order valence-electron chi connectivity index (χ2n) is 7.48. The lowest BCUT2D eigenvalue weighted by molar-refractivity contribution is -0.113. The molecular weight excluding hydrogens is 418 g/mol. The largest absolute Gasteiger partial charge is 0.325 e. The molecule has 4 aromatic rings. The zero-order valence-corrected chi connectivity index (χ0v) is 18.9. The van der Waals surface area contributed by atoms with Gasteiger partial charge in [0.05, 0.1) is 5.75 Å². The fourth-order valence-electron chi connectivity index (χ4n) is 3.32. The second kappa shape index (κ2) is 10.2. The number of nitrogens with zero attached hydrogens (tertiary/aromatic N) is 4. The molecule has 32 heavy (non-hydrogen) atoms. The number of anilines is 1. The maximum absolute atomic E-state index is 12.6. The first-order chi connectivity index (χ1) is 15.7. The average Bonchev–Trinajstić information content (AvgIpc) is 3.28. The topological polar surface area (TPSA) is 72.7 Å². The lowest BCUT2D eigenvalue weighted by Crippen LogP contribution is -2.14. The molecule has 4 rings (SSSR count). The first kappa shape index (κ1) is 21.8. The number of carbonyl (C=O) groups excluding carboxylic acids is 1. The van der Waals surface area contributed by atoms with E-state index in [1.54, 1.807) is 12.4 Å². The van der Waals surface area contributed by atoms with Crippen LogP contribution < -0.4 is 5.32 Å². The number of carbonyl (C=O) groups is 1. The maximum atomic E-state index is 12.6. The Labute approximate surface area is 192 Å². The van der Waals surface area contributed by atoms with Gasteiger partial charge < -0.3 is 5.32 Å². The summed E-state index contributed by atoms with van der Waals surface area (Å²) in [4.78, 5) is 16.7. The molecule has 0 unspecified atom stereocenters. The van der Waals surface area contributed by atoms with Crippen LogP contribution in [0.5, 0.6) is 0 Å². The van der Waals surface area contributed by atoms with Gasteiger partial charge in [0.1, 0.15) is 0 Å². The number of para-hydroxylation sites is 1. The first-order valence-electron chi connectivity index (χ1n) is 10.6. The van der Waals surface area contributed by atoms with Gasteiger partial charge >= 0.3 is 0 Å². The summed E-state index contributed by atoms with van der Waals surface area (Å²) in [7, 11) is 0. The van der Waals surface area contributed by atoms with E-state index < -0.39 is 0 Å². The van der Waals surface area contributed by atoms with Gasteiger partial charge in [-0.25, -0.2) is 0 Å². The number of rotatable bonds is 8. The Kier molecular flexibility index (Phi) is 6.97. The van der Waals surface area contributed by atoms with E-state index in [1.165, 1.54) is 17.3 Å². The highest BCUT2D eigenvalue weighted by Gasteiger charge is 2.17. The van der Waals surface area contributed by atoms with Crippen molar-refractivity contribution >= 4 is 23.4 Å². The van der Waals surface area contributed by atoms with Crippen molar-refractivity contribution in [1.82, 2.24) is 19.7 Å². The molecule has 162 valence electrons. The molecule has 7 heteroatoms. The average molecular weight is 444 g/mol. The van der Waals surface area contributed by atoms with Crippen molar-refractivity contribution in [3.8, 4) is 17.1 Å². The van der Waals surface area contributed by atoms with Crippen molar-refractivity contribution in [1.29, 1.82) is 0 Å². The van der Waals surface area contributed by atoms with Crippen molar-refractivity contribution in [3.05, 3.63) is 84.7 Å². The lowest BCUT2D eigenvalue weighted by atomic mass is 9.99. The molecule has 1 N–H and O–H groups in total. The number of pyridine rings is 1. The molecule has 0 aliphatic heterocycles. The third kappa shape index (κ3) is 5.06. The van der Waals surface area contributed by atoms with E-state index in [1.807, 2.05) is 59.2 Å². The summed E-state index contributed by atoms with van der Waals surface area (Å²) in [6, 6.07) is 21.7. The minimum absolute atomic E-state index is 0.0839. The summed E-state index contributed by atoms with van der Waals surface area (Å²) >= 11 is 1.36. The lowest BCUT2D eigenvalue weighted by Gasteiger charge is -2.11. The van der Waals surface area contributed by atoms with Crippen LogP contribution in [-0.2, 0) is 4.79 Å². The van der Waals surface area contributed by atoms with Crippen LogP contribution in [0.15, 0.2) is 84.3 Å². The number of nitrogens with one attached hydrogen (secondary N) is 1. The van der Waals surface area contributed by atoms with Crippen molar-refractivity contribution in [2.75, 3.05) is 11.1 Å². The van der Waals surface area contributed by atoms with Gasteiger partial charge in [-0.1, -0.05) is 55.9 Å². The molecule has 0 aliphatic rings. The molecule has 1 amide bonds. The first-order valence-corrected chi connectivity index (χ1v) is 11.6. The number of hydrogen-bond acceptors (Lipinski definition) is 5. The number of aromatic nitrogens is 4. The van der Waals surface area contributed by atoms with Crippen LogP contribution in [0, 0.1) is 0 Å². The normalized spacial score (nSPS) is 11.8. The molecule has 0 bridgehead atoms. The molecule has 0 radical (unpaired) electrons. The Balaban J connectivity index is 1.50. The van der Waals surface area contributed by atoms with Crippen LogP contribution in [0.4, 0.5) is 5.69 Å². The summed E-state index contributed by atoms with van der Waals surface area (Å²) in [6.45, 7) is 4.37. The van der Waals surface area contributed by atoms with Crippen LogP contribution in [0.2, 0.25) is 0 Å². The minimum atomic E-state index is -0.0839. The van der Waals surface area contributed by atoms with Crippen LogP contribution >= 0.6 is 11.8 Å². The quantitative estimate of drug-likeness (QED) is 0.360. The molecule has 6 nitrogen and oxygen atoms in total. The number of amides is 1. The van der Waals surface area contributed by atoms with Crippen molar-refractivity contribution in [2.45, 2.75) is 31.3 Å². The molecule has 0 fully saturated rings. The van der Waals surface area contributed by atoms with Gasteiger partial charge in [-0.05, 0) is 54.3 Å². The fourth-order valence-corrected chi connectivity index (χ4v) is 4.07. The molecule has 0 saturated heterocycles. The SMILES string of the molecule is CC[C@@H](C)c1ccc(NC(=O)CSc2nnc(-c3ccncc3)n2-c2ccccc2)cc1.